The summed E-state index contributed by atoms with van der Waals surface area (Å²) in [6.45, 7) is 0. The lowest BCUT2D eigenvalue weighted by atomic mass is 9.86. The molecule has 2 amide bonds. The van der Waals surface area contributed by atoms with Crippen LogP contribution in [0.25, 0.3) is 10.8 Å². The van der Waals surface area contributed by atoms with Gasteiger partial charge in [-0.1, -0.05) is 36.4 Å². The van der Waals surface area contributed by atoms with Crippen molar-refractivity contribution in [2.75, 3.05) is 19.1 Å². The van der Waals surface area contributed by atoms with E-state index in [2.05, 4.69) is 5.10 Å². The number of methoxy groups -OCH3 is 2. The van der Waals surface area contributed by atoms with E-state index in [-0.39, 0.29) is 11.7 Å². The average Bonchev–Trinajstić information content (AvgIpc) is 3.39. The van der Waals surface area contributed by atoms with Crippen molar-refractivity contribution in [3.05, 3.63) is 78.4 Å². The second-order valence-corrected chi connectivity index (χ2v) is 8.99. The minimum Gasteiger partial charge on any atom is -0.493 e. The predicted octanol–water partition coefficient (Wildman–Crippen LogP) is 3.45. The van der Waals surface area contributed by atoms with Crippen LogP contribution < -0.4 is 14.4 Å². The highest BCUT2D eigenvalue weighted by molar-refractivity contribution is 6.25. The van der Waals surface area contributed by atoms with Crippen molar-refractivity contribution in [1.29, 1.82) is 0 Å². The highest BCUT2D eigenvalue weighted by Gasteiger charge is 2.64. The number of hydrogen-bond acceptors (Lipinski definition) is 7. The second kappa shape index (κ2) is 8.34. The van der Waals surface area contributed by atoms with Gasteiger partial charge in [0.15, 0.2) is 17.3 Å². The molecule has 3 aromatic rings. The van der Waals surface area contributed by atoms with Crippen LogP contribution in [0.15, 0.2) is 77.9 Å². The molecule has 2 fully saturated rings. The molecule has 3 aliphatic rings. The van der Waals surface area contributed by atoms with Crippen molar-refractivity contribution < 1.29 is 23.9 Å². The Morgan fingerprint density at radius 3 is 2.39 bits per heavy atom. The van der Waals surface area contributed by atoms with Crippen molar-refractivity contribution in [3.8, 4) is 11.5 Å². The van der Waals surface area contributed by atoms with Gasteiger partial charge < -0.3 is 9.47 Å². The highest BCUT2D eigenvalue weighted by atomic mass is 16.5. The van der Waals surface area contributed by atoms with E-state index in [1.54, 1.807) is 41.6 Å². The Bertz CT molecular complexity index is 1480. The zero-order valence-corrected chi connectivity index (χ0v) is 19.7. The molecule has 0 spiro atoms. The summed E-state index contributed by atoms with van der Waals surface area (Å²) in [6, 6.07) is 16.7. The number of allylic oxidation sites excluding steroid dienone is 1. The number of rotatable bonds is 5. The molecular formula is C28H23N3O5. The number of ketones is 1. The summed E-state index contributed by atoms with van der Waals surface area (Å²) in [6.07, 6.45) is 5.15. The summed E-state index contributed by atoms with van der Waals surface area (Å²) >= 11 is 0. The fourth-order valence-electron chi connectivity index (χ4n) is 5.57. The van der Waals surface area contributed by atoms with Crippen molar-refractivity contribution in [3.63, 3.8) is 0 Å². The number of hydrogen-bond donors (Lipinski definition) is 0. The first-order chi connectivity index (χ1) is 17.5. The van der Waals surface area contributed by atoms with E-state index in [4.69, 9.17) is 9.47 Å². The summed E-state index contributed by atoms with van der Waals surface area (Å²) in [5.41, 5.74) is 0.858. The molecule has 0 radical (unpaired) electrons. The van der Waals surface area contributed by atoms with Crippen LogP contribution in [0, 0.1) is 11.8 Å². The SMILES string of the molecule is COc1ccc(C(=O)[C@@H]2[C@@H]3C(=O)N(c4ccc5ccccc5c4)C(=O)[C@H]3[C@@H]3C=CC=NN23)cc1OC. The summed E-state index contributed by atoms with van der Waals surface area (Å²) in [4.78, 5) is 42.7. The maximum Gasteiger partial charge on any atom is 0.240 e. The third kappa shape index (κ3) is 3.14. The maximum absolute atomic E-state index is 13.9. The van der Waals surface area contributed by atoms with Gasteiger partial charge in [-0.2, -0.15) is 5.10 Å². The number of fused-ring (bicyclic) bond motifs is 4. The maximum atomic E-state index is 13.9. The molecule has 180 valence electrons. The molecule has 36 heavy (non-hydrogen) atoms. The predicted molar refractivity (Wildman–Crippen MR) is 134 cm³/mol. The van der Waals surface area contributed by atoms with E-state index in [1.807, 2.05) is 42.5 Å². The van der Waals surface area contributed by atoms with E-state index in [9.17, 15) is 14.4 Å². The number of nitrogens with zero attached hydrogens (tertiary/aromatic N) is 3. The van der Waals surface area contributed by atoms with Crippen molar-refractivity contribution in [1.82, 2.24) is 5.01 Å². The molecule has 0 aromatic heterocycles. The molecule has 2 saturated heterocycles. The molecule has 3 aliphatic heterocycles. The highest BCUT2D eigenvalue weighted by Crippen LogP contribution is 2.46. The van der Waals surface area contributed by atoms with E-state index in [1.165, 1.54) is 19.1 Å². The lowest BCUT2D eigenvalue weighted by molar-refractivity contribution is -0.123. The lowest BCUT2D eigenvalue weighted by Gasteiger charge is -2.30. The summed E-state index contributed by atoms with van der Waals surface area (Å²) in [7, 11) is 3.01. The van der Waals surface area contributed by atoms with Gasteiger partial charge in [0, 0.05) is 11.8 Å². The fraction of sp³-hybridized carbons (Fsp3) is 0.214. The number of imide groups is 1. The average molecular weight is 482 g/mol. The number of carbonyl (C=O) groups is 3. The number of hydrazone groups is 1. The normalized spacial score (nSPS) is 24.3. The molecule has 4 atom stereocenters. The van der Waals surface area contributed by atoms with Crippen LogP contribution in [0.3, 0.4) is 0 Å². The Labute approximate surface area is 207 Å². The zero-order chi connectivity index (χ0) is 25.0. The van der Waals surface area contributed by atoms with Crippen LogP contribution in [0.5, 0.6) is 11.5 Å². The molecular weight excluding hydrogens is 458 g/mol. The van der Waals surface area contributed by atoms with Gasteiger partial charge in [0.05, 0.1) is 37.8 Å². The Hall–Kier alpha value is -4.46. The van der Waals surface area contributed by atoms with Crippen molar-refractivity contribution in [2.24, 2.45) is 16.9 Å². The minimum absolute atomic E-state index is 0.303. The number of carbonyl (C=O) groups excluding carboxylic acids is 3. The van der Waals surface area contributed by atoms with Crippen LogP contribution in [0.2, 0.25) is 0 Å². The van der Waals surface area contributed by atoms with Gasteiger partial charge in [-0.15, -0.1) is 0 Å². The quantitative estimate of drug-likeness (QED) is 0.410. The molecule has 0 N–H and O–H groups in total. The molecule has 8 heteroatoms. The number of Topliss-reactive ketones (excluding diaryl/α,β-unsaturated/α-hetero) is 1. The molecule has 0 aliphatic carbocycles. The number of anilines is 1. The van der Waals surface area contributed by atoms with Gasteiger partial charge in [0.1, 0.15) is 6.04 Å². The Kier molecular flexibility index (Phi) is 5.10. The minimum atomic E-state index is -0.929. The topological polar surface area (TPSA) is 88.5 Å². The van der Waals surface area contributed by atoms with Crippen LogP contribution in [-0.2, 0) is 9.59 Å². The number of benzene rings is 3. The summed E-state index contributed by atoms with van der Waals surface area (Å²) in [5.74, 6) is -1.70. The Balaban J connectivity index is 1.42. The fourth-order valence-corrected chi connectivity index (χ4v) is 5.57. The summed E-state index contributed by atoms with van der Waals surface area (Å²) < 4.78 is 10.7. The lowest BCUT2D eigenvalue weighted by Crippen LogP contribution is -2.46. The first-order valence-corrected chi connectivity index (χ1v) is 11.7. The standard InChI is InChI=1S/C28H23N3O5/c1-35-21-12-10-18(15-22(21)36-2)26(32)25-24-23(20-8-5-13-29-31(20)25)27(33)30(28(24)34)19-11-9-16-6-3-4-7-17(16)14-19/h3-15,20,23-25H,1-2H3/t20-,23-,24+,25-/m0/s1. The zero-order valence-electron chi connectivity index (χ0n) is 19.7. The van der Waals surface area contributed by atoms with Gasteiger partial charge in [-0.25, -0.2) is 4.90 Å². The van der Waals surface area contributed by atoms with Gasteiger partial charge in [0.2, 0.25) is 11.8 Å². The van der Waals surface area contributed by atoms with E-state index in [0.717, 1.165) is 10.8 Å². The number of amides is 2. The van der Waals surface area contributed by atoms with E-state index < -0.39 is 29.8 Å². The summed E-state index contributed by atoms with van der Waals surface area (Å²) in [5, 5.41) is 7.94. The molecule has 6 rings (SSSR count). The smallest absolute Gasteiger partial charge is 0.240 e. The van der Waals surface area contributed by atoms with Crippen LogP contribution >= 0.6 is 0 Å². The largest absolute Gasteiger partial charge is 0.493 e. The Morgan fingerprint density at radius 1 is 0.861 bits per heavy atom. The van der Waals surface area contributed by atoms with Gasteiger partial charge in [0.25, 0.3) is 0 Å². The molecule has 3 heterocycles. The molecule has 0 bridgehead atoms. The van der Waals surface area contributed by atoms with Crippen LogP contribution in [0.1, 0.15) is 10.4 Å². The van der Waals surface area contributed by atoms with Gasteiger partial charge in [-0.3, -0.25) is 19.4 Å². The van der Waals surface area contributed by atoms with Crippen molar-refractivity contribution in [2.45, 2.75) is 12.1 Å². The second-order valence-electron chi connectivity index (χ2n) is 8.99. The number of ether oxygens (including phenoxy) is 2. The molecule has 0 saturated carbocycles. The third-order valence-electron chi connectivity index (χ3n) is 7.22. The molecule has 8 nitrogen and oxygen atoms in total. The van der Waals surface area contributed by atoms with Gasteiger partial charge in [-0.05, 0) is 47.2 Å². The van der Waals surface area contributed by atoms with Gasteiger partial charge >= 0.3 is 0 Å². The molecule has 3 aromatic carbocycles. The van der Waals surface area contributed by atoms with Crippen molar-refractivity contribution >= 4 is 40.3 Å². The Morgan fingerprint density at radius 2 is 1.61 bits per heavy atom. The first-order valence-electron chi connectivity index (χ1n) is 11.7. The van der Waals surface area contributed by atoms with Crippen LogP contribution in [0.4, 0.5) is 5.69 Å². The monoisotopic (exact) mass is 481 g/mol. The first kappa shape index (κ1) is 22.0. The van der Waals surface area contributed by atoms with E-state index >= 15 is 0 Å². The molecule has 0 unspecified atom stereocenters. The van der Waals surface area contributed by atoms with E-state index in [0.29, 0.717) is 22.7 Å². The third-order valence-corrected chi connectivity index (χ3v) is 7.22. The van der Waals surface area contributed by atoms with Crippen LogP contribution in [-0.4, -0.2) is 55.1 Å².